The SMILES string of the molecule is CCC(C(=O)Nc1cnn(CC(=O)O)c1)c1ccccc1. The summed E-state index contributed by atoms with van der Waals surface area (Å²) in [5.41, 5.74) is 1.45. The van der Waals surface area contributed by atoms with E-state index < -0.39 is 5.97 Å². The Hall–Kier alpha value is -2.63. The molecule has 2 aromatic rings. The van der Waals surface area contributed by atoms with Crippen LogP contribution in [-0.2, 0) is 16.1 Å². The molecule has 0 aliphatic rings. The van der Waals surface area contributed by atoms with Gasteiger partial charge in [0.05, 0.1) is 17.8 Å². The van der Waals surface area contributed by atoms with E-state index in [-0.39, 0.29) is 18.4 Å². The quantitative estimate of drug-likeness (QED) is 0.852. The highest BCUT2D eigenvalue weighted by Gasteiger charge is 2.19. The third-order valence-corrected chi connectivity index (χ3v) is 3.12. The molecule has 0 bridgehead atoms. The highest BCUT2D eigenvalue weighted by atomic mass is 16.4. The van der Waals surface area contributed by atoms with Gasteiger partial charge in [-0.3, -0.25) is 14.3 Å². The molecule has 1 aromatic carbocycles. The highest BCUT2D eigenvalue weighted by molar-refractivity contribution is 5.95. The number of benzene rings is 1. The molecule has 0 saturated heterocycles. The number of anilines is 1. The first kappa shape index (κ1) is 14.8. The van der Waals surface area contributed by atoms with E-state index in [1.807, 2.05) is 37.3 Å². The lowest BCUT2D eigenvalue weighted by atomic mass is 9.96. The Morgan fingerprint density at radius 3 is 2.67 bits per heavy atom. The molecule has 2 rings (SSSR count). The van der Waals surface area contributed by atoms with Gasteiger partial charge in [0.15, 0.2) is 0 Å². The Kier molecular flexibility index (Phi) is 4.71. The molecule has 1 atom stereocenters. The predicted molar refractivity (Wildman–Crippen MR) is 78.0 cm³/mol. The van der Waals surface area contributed by atoms with Crippen LogP contribution in [0.3, 0.4) is 0 Å². The second kappa shape index (κ2) is 6.69. The molecule has 0 aliphatic carbocycles. The van der Waals surface area contributed by atoms with Crippen molar-refractivity contribution in [1.29, 1.82) is 0 Å². The van der Waals surface area contributed by atoms with Gasteiger partial charge in [-0.15, -0.1) is 0 Å². The summed E-state index contributed by atoms with van der Waals surface area (Å²) < 4.78 is 1.27. The third kappa shape index (κ3) is 3.92. The normalized spacial score (nSPS) is 11.9. The van der Waals surface area contributed by atoms with Crippen LogP contribution in [-0.4, -0.2) is 26.8 Å². The number of hydrogen-bond donors (Lipinski definition) is 2. The molecule has 21 heavy (non-hydrogen) atoms. The van der Waals surface area contributed by atoms with Gasteiger partial charge in [0.25, 0.3) is 0 Å². The van der Waals surface area contributed by atoms with Crippen LogP contribution >= 0.6 is 0 Å². The predicted octanol–water partition coefficient (Wildman–Crippen LogP) is 2.10. The van der Waals surface area contributed by atoms with Crippen LogP contribution in [0.4, 0.5) is 5.69 Å². The van der Waals surface area contributed by atoms with Gasteiger partial charge in [-0.05, 0) is 12.0 Å². The topological polar surface area (TPSA) is 84.2 Å². The van der Waals surface area contributed by atoms with Crippen molar-refractivity contribution in [1.82, 2.24) is 9.78 Å². The average molecular weight is 287 g/mol. The molecule has 0 saturated carbocycles. The minimum Gasteiger partial charge on any atom is -0.480 e. The van der Waals surface area contributed by atoms with Crippen LogP contribution in [0, 0.1) is 0 Å². The molecule has 1 unspecified atom stereocenters. The number of nitrogens with one attached hydrogen (secondary N) is 1. The highest BCUT2D eigenvalue weighted by Crippen LogP contribution is 2.21. The van der Waals surface area contributed by atoms with Crippen LogP contribution in [0.2, 0.25) is 0 Å². The summed E-state index contributed by atoms with van der Waals surface area (Å²) in [6.45, 7) is 1.72. The molecular weight excluding hydrogens is 270 g/mol. The van der Waals surface area contributed by atoms with Crippen LogP contribution in [0.5, 0.6) is 0 Å². The van der Waals surface area contributed by atoms with Crippen molar-refractivity contribution < 1.29 is 14.7 Å². The van der Waals surface area contributed by atoms with Crippen molar-refractivity contribution in [3.8, 4) is 0 Å². The van der Waals surface area contributed by atoms with Crippen molar-refractivity contribution in [3.63, 3.8) is 0 Å². The summed E-state index contributed by atoms with van der Waals surface area (Å²) in [6.07, 6.45) is 3.63. The summed E-state index contributed by atoms with van der Waals surface area (Å²) >= 11 is 0. The number of carboxylic acid groups (broad SMARTS) is 1. The molecule has 6 heteroatoms. The largest absolute Gasteiger partial charge is 0.480 e. The molecule has 0 spiro atoms. The number of aromatic nitrogens is 2. The first-order valence-electron chi connectivity index (χ1n) is 6.70. The summed E-state index contributed by atoms with van der Waals surface area (Å²) in [4.78, 5) is 22.9. The van der Waals surface area contributed by atoms with E-state index in [1.54, 1.807) is 0 Å². The second-order valence-corrected chi connectivity index (χ2v) is 4.68. The molecule has 0 fully saturated rings. The minimum atomic E-state index is -0.980. The molecule has 1 amide bonds. The van der Waals surface area contributed by atoms with Gasteiger partial charge in [-0.2, -0.15) is 5.10 Å². The summed E-state index contributed by atoms with van der Waals surface area (Å²) in [6, 6.07) is 9.54. The van der Waals surface area contributed by atoms with Crippen molar-refractivity contribution >= 4 is 17.6 Å². The lowest BCUT2D eigenvalue weighted by Gasteiger charge is -2.14. The van der Waals surface area contributed by atoms with Gasteiger partial charge in [0.1, 0.15) is 6.54 Å². The van der Waals surface area contributed by atoms with Gasteiger partial charge in [-0.25, -0.2) is 0 Å². The van der Waals surface area contributed by atoms with E-state index in [2.05, 4.69) is 10.4 Å². The smallest absolute Gasteiger partial charge is 0.325 e. The number of carbonyl (C=O) groups is 2. The van der Waals surface area contributed by atoms with Gasteiger partial charge < -0.3 is 10.4 Å². The van der Waals surface area contributed by atoms with Gasteiger partial charge in [-0.1, -0.05) is 37.3 Å². The van der Waals surface area contributed by atoms with Gasteiger partial charge in [0.2, 0.25) is 5.91 Å². The zero-order chi connectivity index (χ0) is 15.2. The fourth-order valence-corrected chi connectivity index (χ4v) is 2.14. The fourth-order valence-electron chi connectivity index (χ4n) is 2.14. The number of hydrogen-bond acceptors (Lipinski definition) is 3. The molecule has 2 N–H and O–H groups in total. The molecule has 1 heterocycles. The van der Waals surface area contributed by atoms with Crippen LogP contribution < -0.4 is 5.32 Å². The Bertz CT molecular complexity index is 622. The van der Waals surface area contributed by atoms with E-state index >= 15 is 0 Å². The Labute approximate surface area is 122 Å². The van der Waals surface area contributed by atoms with E-state index in [1.165, 1.54) is 17.1 Å². The summed E-state index contributed by atoms with van der Waals surface area (Å²) in [7, 11) is 0. The average Bonchev–Trinajstić information content (AvgIpc) is 2.87. The van der Waals surface area contributed by atoms with E-state index in [0.717, 1.165) is 5.56 Å². The van der Waals surface area contributed by atoms with Crippen molar-refractivity contribution in [2.45, 2.75) is 25.8 Å². The zero-order valence-electron chi connectivity index (χ0n) is 11.7. The van der Waals surface area contributed by atoms with Gasteiger partial charge >= 0.3 is 5.97 Å². The number of aliphatic carboxylic acids is 1. The standard InChI is InChI=1S/C15H17N3O3/c1-2-13(11-6-4-3-5-7-11)15(21)17-12-8-16-18(9-12)10-14(19)20/h3-9,13H,2,10H2,1H3,(H,17,21)(H,19,20). The maximum atomic E-state index is 12.3. The number of carboxylic acids is 1. The fraction of sp³-hybridized carbons (Fsp3) is 0.267. The summed E-state index contributed by atoms with van der Waals surface area (Å²) in [5, 5.41) is 15.3. The maximum absolute atomic E-state index is 12.3. The van der Waals surface area contributed by atoms with Crippen molar-refractivity contribution in [2.24, 2.45) is 0 Å². The van der Waals surface area contributed by atoms with Crippen molar-refractivity contribution in [3.05, 3.63) is 48.3 Å². The van der Waals surface area contributed by atoms with E-state index in [0.29, 0.717) is 12.1 Å². The van der Waals surface area contributed by atoms with Gasteiger partial charge in [0, 0.05) is 6.20 Å². The first-order valence-corrected chi connectivity index (χ1v) is 6.70. The Morgan fingerprint density at radius 1 is 1.33 bits per heavy atom. The number of rotatable bonds is 6. The number of carbonyl (C=O) groups excluding carboxylic acids is 1. The van der Waals surface area contributed by atoms with Crippen LogP contribution in [0.15, 0.2) is 42.7 Å². The Balaban J connectivity index is 2.06. The minimum absolute atomic E-state index is 0.126. The van der Waals surface area contributed by atoms with E-state index in [9.17, 15) is 9.59 Å². The number of amides is 1. The molecule has 1 aromatic heterocycles. The zero-order valence-corrected chi connectivity index (χ0v) is 11.7. The summed E-state index contributed by atoms with van der Waals surface area (Å²) in [5.74, 6) is -1.35. The number of nitrogens with zero attached hydrogens (tertiary/aromatic N) is 2. The molecular formula is C15H17N3O3. The second-order valence-electron chi connectivity index (χ2n) is 4.68. The maximum Gasteiger partial charge on any atom is 0.325 e. The lowest BCUT2D eigenvalue weighted by molar-refractivity contribution is -0.137. The molecule has 0 aliphatic heterocycles. The molecule has 6 nitrogen and oxygen atoms in total. The van der Waals surface area contributed by atoms with E-state index in [4.69, 9.17) is 5.11 Å². The molecule has 0 radical (unpaired) electrons. The lowest BCUT2D eigenvalue weighted by Crippen LogP contribution is -2.20. The van der Waals surface area contributed by atoms with Crippen molar-refractivity contribution in [2.75, 3.05) is 5.32 Å². The first-order chi connectivity index (χ1) is 10.1. The monoisotopic (exact) mass is 287 g/mol. The third-order valence-electron chi connectivity index (χ3n) is 3.12. The van der Waals surface area contributed by atoms with Crippen LogP contribution in [0.25, 0.3) is 0 Å². The van der Waals surface area contributed by atoms with Crippen LogP contribution in [0.1, 0.15) is 24.8 Å². The Morgan fingerprint density at radius 2 is 2.05 bits per heavy atom. The molecule has 110 valence electrons.